The van der Waals surface area contributed by atoms with Crippen LogP contribution in [-0.4, -0.2) is 32.1 Å². The molecule has 1 unspecified atom stereocenters. The minimum atomic E-state index is -1.19. The van der Waals surface area contributed by atoms with Crippen LogP contribution in [0.1, 0.15) is 54.4 Å². The van der Waals surface area contributed by atoms with E-state index in [9.17, 15) is 9.00 Å². The van der Waals surface area contributed by atoms with Crippen LogP contribution in [0, 0.1) is 0 Å². The molecule has 1 heterocycles. The maximum Gasteiger partial charge on any atom is 0.414 e. The number of likely N-dealkylation sites (tertiary alicyclic amines) is 1. The van der Waals surface area contributed by atoms with Crippen molar-refractivity contribution in [3.8, 4) is 0 Å². The lowest BCUT2D eigenvalue weighted by Gasteiger charge is -2.25. The van der Waals surface area contributed by atoms with Crippen LogP contribution in [0.3, 0.4) is 0 Å². The van der Waals surface area contributed by atoms with Crippen LogP contribution in [0.4, 0.5) is 4.79 Å². The Morgan fingerprint density at radius 2 is 1.90 bits per heavy atom. The zero-order chi connectivity index (χ0) is 15.6. The summed E-state index contributed by atoms with van der Waals surface area (Å²) >= 11 is 0. The van der Waals surface area contributed by atoms with Crippen LogP contribution in [0.2, 0.25) is 0 Å². The molecule has 116 valence electrons. The largest absolute Gasteiger partial charge is 0.443 e. The molecule has 0 spiro atoms. The molecule has 1 amide bonds. The average molecular weight is 302 g/mol. The molecule has 0 aromatic rings. The van der Waals surface area contributed by atoms with Gasteiger partial charge in [0.1, 0.15) is 16.6 Å². The van der Waals surface area contributed by atoms with E-state index in [-0.39, 0.29) is 10.8 Å². The maximum absolute atomic E-state index is 12.1. The van der Waals surface area contributed by atoms with Crippen molar-refractivity contribution in [2.24, 2.45) is 0 Å². The van der Waals surface area contributed by atoms with Gasteiger partial charge in [0.2, 0.25) is 0 Å². The van der Waals surface area contributed by atoms with Crippen molar-refractivity contribution in [2.45, 2.75) is 64.7 Å². The number of hydrogen-bond donors (Lipinski definition) is 1. The first-order valence-corrected chi connectivity index (χ1v) is 8.03. The van der Waals surface area contributed by atoms with E-state index >= 15 is 0 Å². The highest BCUT2D eigenvalue weighted by Crippen LogP contribution is 2.23. The Hall–Kier alpha value is -1.04. The topological polar surface area (TPSA) is 58.6 Å². The predicted molar refractivity (Wildman–Crippen MR) is 81.3 cm³/mol. The fourth-order valence-corrected chi connectivity index (χ4v) is 2.27. The van der Waals surface area contributed by atoms with Crippen LogP contribution < -0.4 is 4.72 Å². The number of carbonyl (C=O) groups excluding carboxylic acids is 1. The average Bonchev–Trinajstić information content (AvgIpc) is 2.70. The van der Waals surface area contributed by atoms with Gasteiger partial charge in [0.25, 0.3) is 0 Å². The fourth-order valence-electron chi connectivity index (χ4n) is 1.67. The van der Waals surface area contributed by atoms with Gasteiger partial charge in [-0.1, -0.05) is 0 Å². The van der Waals surface area contributed by atoms with Gasteiger partial charge in [-0.2, -0.15) is 0 Å². The number of carbonyl (C=O) groups is 1. The number of ether oxygens (including phenoxy) is 1. The van der Waals surface area contributed by atoms with Crippen LogP contribution in [0.25, 0.3) is 0 Å². The van der Waals surface area contributed by atoms with E-state index in [1.165, 1.54) is 0 Å². The molecule has 1 atom stereocenters. The van der Waals surface area contributed by atoms with Crippen LogP contribution in [-0.2, 0) is 15.7 Å². The molecule has 0 aromatic heterocycles. The molecule has 1 saturated heterocycles. The molecule has 0 bridgehead atoms. The third kappa shape index (κ3) is 5.15. The molecule has 0 saturated carbocycles. The standard InChI is InChI=1S/C14H26N2O3S/c1-13(2,3)19-12(17)16-9-7-8-11(16)10-15-20(18)14(4,5)6/h10,15H,7-9H2,1-6H3/b11-10+. The smallest absolute Gasteiger partial charge is 0.414 e. The summed E-state index contributed by atoms with van der Waals surface area (Å²) in [5, 5.41) is 0. The number of amides is 1. The first-order valence-electron chi connectivity index (χ1n) is 6.88. The minimum Gasteiger partial charge on any atom is -0.443 e. The first-order chi connectivity index (χ1) is 9.00. The molecular weight excluding hydrogens is 276 g/mol. The molecule has 1 aliphatic heterocycles. The van der Waals surface area contributed by atoms with Gasteiger partial charge in [-0.15, -0.1) is 0 Å². The Morgan fingerprint density at radius 3 is 2.40 bits per heavy atom. The van der Waals surface area contributed by atoms with E-state index in [2.05, 4.69) is 4.72 Å². The number of nitrogens with one attached hydrogen (secondary N) is 1. The van der Waals surface area contributed by atoms with E-state index < -0.39 is 16.6 Å². The van der Waals surface area contributed by atoms with E-state index in [0.717, 1.165) is 18.5 Å². The molecule has 1 N–H and O–H groups in total. The molecule has 1 fully saturated rings. The SMILES string of the molecule is CC(C)(C)OC(=O)N1CCC/C1=C\NS(=O)C(C)(C)C. The second kappa shape index (κ2) is 6.16. The molecule has 20 heavy (non-hydrogen) atoms. The van der Waals surface area contributed by atoms with Crippen LogP contribution in [0.15, 0.2) is 11.9 Å². The lowest BCUT2D eigenvalue weighted by Crippen LogP contribution is -2.35. The van der Waals surface area contributed by atoms with Gasteiger partial charge in [-0.3, -0.25) is 4.90 Å². The molecule has 6 heteroatoms. The number of rotatable bonds is 2. The second-order valence-corrected chi connectivity index (χ2v) is 8.87. The highest BCUT2D eigenvalue weighted by Gasteiger charge is 2.28. The Bertz CT molecular complexity index is 419. The van der Waals surface area contributed by atoms with Gasteiger partial charge in [-0.25, -0.2) is 9.00 Å². The fraction of sp³-hybridized carbons (Fsp3) is 0.786. The van der Waals surface area contributed by atoms with E-state index in [0.29, 0.717) is 6.54 Å². The molecule has 0 aromatic carbocycles. The van der Waals surface area contributed by atoms with Gasteiger partial charge < -0.3 is 9.46 Å². The summed E-state index contributed by atoms with van der Waals surface area (Å²) in [4.78, 5) is 13.7. The van der Waals surface area contributed by atoms with Crippen LogP contribution in [0.5, 0.6) is 0 Å². The van der Waals surface area contributed by atoms with Crippen molar-refractivity contribution in [2.75, 3.05) is 6.54 Å². The van der Waals surface area contributed by atoms with Gasteiger partial charge in [0.15, 0.2) is 0 Å². The normalized spacial score (nSPS) is 20.1. The maximum atomic E-state index is 12.1. The third-order valence-corrected chi connectivity index (χ3v) is 4.11. The summed E-state index contributed by atoms with van der Waals surface area (Å²) in [5.74, 6) is 0. The monoisotopic (exact) mass is 302 g/mol. The molecule has 1 aliphatic rings. The van der Waals surface area contributed by atoms with E-state index in [1.54, 1.807) is 11.1 Å². The molecule has 1 rings (SSSR count). The van der Waals surface area contributed by atoms with Crippen molar-refractivity contribution in [1.29, 1.82) is 0 Å². The van der Waals surface area contributed by atoms with Gasteiger partial charge in [-0.05, 0) is 54.4 Å². The van der Waals surface area contributed by atoms with Crippen molar-refractivity contribution >= 4 is 17.1 Å². The van der Waals surface area contributed by atoms with Crippen molar-refractivity contribution in [1.82, 2.24) is 9.62 Å². The predicted octanol–water partition coefficient (Wildman–Crippen LogP) is 2.91. The number of hydrogen-bond acceptors (Lipinski definition) is 3. The summed E-state index contributed by atoms with van der Waals surface area (Å²) in [5.41, 5.74) is 0.323. The summed E-state index contributed by atoms with van der Waals surface area (Å²) in [6.45, 7) is 11.9. The highest BCUT2D eigenvalue weighted by molar-refractivity contribution is 7.84. The molecule has 0 radical (unpaired) electrons. The van der Waals surface area contributed by atoms with E-state index in [4.69, 9.17) is 4.74 Å². The lowest BCUT2D eigenvalue weighted by molar-refractivity contribution is 0.0338. The Labute approximate surface area is 124 Å². The Balaban J connectivity index is 2.70. The van der Waals surface area contributed by atoms with Gasteiger partial charge >= 0.3 is 6.09 Å². The highest BCUT2D eigenvalue weighted by atomic mass is 32.2. The summed E-state index contributed by atoms with van der Waals surface area (Å²) in [6, 6.07) is 0. The van der Waals surface area contributed by atoms with Crippen LogP contribution >= 0.6 is 0 Å². The molecular formula is C14H26N2O3S. The van der Waals surface area contributed by atoms with Crippen molar-refractivity contribution < 1.29 is 13.7 Å². The van der Waals surface area contributed by atoms with Gasteiger partial charge in [0, 0.05) is 18.4 Å². The van der Waals surface area contributed by atoms with Crippen molar-refractivity contribution in [3.05, 3.63) is 11.9 Å². The zero-order valence-electron chi connectivity index (χ0n) is 13.3. The second-order valence-electron chi connectivity index (χ2n) is 6.87. The lowest BCUT2D eigenvalue weighted by atomic mass is 10.2. The Morgan fingerprint density at radius 1 is 1.30 bits per heavy atom. The number of allylic oxidation sites excluding steroid dienone is 1. The summed E-state index contributed by atoms with van der Waals surface area (Å²) in [6.07, 6.45) is 3.02. The Kier molecular flexibility index (Phi) is 5.24. The summed E-state index contributed by atoms with van der Waals surface area (Å²) in [7, 11) is -1.19. The quantitative estimate of drug-likeness (QED) is 0.853. The molecule has 5 nitrogen and oxygen atoms in total. The number of nitrogens with zero attached hydrogens (tertiary/aromatic N) is 1. The van der Waals surface area contributed by atoms with E-state index in [1.807, 2.05) is 41.5 Å². The van der Waals surface area contributed by atoms with Crippen molar-refractivity contribution in [3.63, 3.8) is 0 Å². The summed E-state index contributed by atoms with van der Waals surface area (Å²) < 4.78 is 19.8. The molecule has 0 aliphatic carbocycles. The zero-order valence-corrected chi connectivity index (χ0v) is 14.1. The minimum absolute atomic E-state index is 0.341. The third-order valence-electron chi connectivity index (χ3n) is 2.66. The first kappa shape index (κ1) is 17.0. The van der Waals surface area contributed by atoms with Gasteiger partial charge in [0.05, 0.1) is 4.75 Å².